The first-order valence-electron chi connectivity index (χ1n) is 19.2. The normalized spacial score (nSPS) is 18.6. The lowest BCUT2D eigenvalue weighted by atomic mass is 9.96. The number of H-pyrrole nitrogens is 2. The van der Waals surface area contributed by atoms with Crippen molar-refractivity contribution in [3.8, 4) is 33.9 Å². The molecule has 276 valence electrons. The van der Waals surface area contributed by atoms with Gasteiger partial charge in [0.1, 0.15) is 17.7 Å². The van der Waals surface area contributed by atoms with E-state index in [1.54, 1.807) is 6.20 Å². The molecule has 0 unspecified atom stereocenters. The highest BCUT2D eigenvalue weighted by atomic mass is 16.2. The maximum absolute atomic E-state index is 14.2. The number of carbonyl (C=O) groups excluding carboxylic acids is 2. The standard InChI is InChI=1S/C42H51N9O2/c1-6-49(7-2)37(30-13-9-8-10-14-30)42(53)51-22-12-16-36(51)40-45-25-33(47-40)29-17-19-31(20-18-29)38-43-23-32(24-44-38)34-26-46-39(48-34)35-15-11-21-50(35)41(52)28(5)27(3)4/h8-10,13-14,17-20,23-28,35-37H,6-7,11-12,15-16,21-22H2,1-5H3,(H,45,47)(H,46,48)/t28-,35-,36-,37+/m0/s1. The Hall–Kier alpha value is -5.16. The second-order valence-electron chi connectivity index (χ2n) is 14.7. The number of hydrogen-bond acceptors (Lipinski definition) is 7. The first-order chi connectivity index (χ1) is 25.8. The van der Waals surface area contributed by atoms with Gasteiger partial charge < -0.3 is 19.8 Å². The fourth-order valence-electron chi connectivity index (χ4n) is 7.79. The molecule has 4 atom stereocenters. The molecule has 0 radical (unpaired) electrons. The predicted octanol–water partition coefficient (Wildman–Crippen LogP) is 7.63. The van der Waals surface area contributed by atoms with Crippen molar-refractivity contribution in [3.63, 3.8) is 0 Å². The Balaban J connectivity index is 1.02. The summed E-state index contributed by atoms with van der Waals surface area (Å²) in [6.45, 7) is 13.5. The van der Waals surface area contributed by atoms with Crippen molar-refractivity contribution < 1.29 is 9.59 Å². The number of likely N-dealkylation sites (tertiary alicyclic amines) is 2. The number of benzene rings is 2. The molecule has 53 heavy (non-hydrogen) atoms. The van der Waals surface area contributed by atoms with E-state index >= 15 is 0 Å². The third kappa shape index (κ3) is 7.40. The van der Waals surface area contributed by atoms with E-state index < -0.39 is 0 Å². The summed E-state index contributed by atoms with van der Waals surface area (Å²) in [5.41, 5.74) is 5.50. The highest BCUT2D eigenvalue weighted by Gasteiger charge is 2.38. The van der Waals surface area contributed by atoms with E-state index in [0.29, 0.717) is 11.7 Å². The maximum atomic E-state index is 14.2. The van der Waals surface area contributed by atoms with E-state index in [-0.39, 0.29) is 35.9 Å². The third-order valence-corrected chi connectivity index (χ3v) is 11.2. The van der Waals surface area contributed by atoms with E-state index in [4.69, 9.17) is 4.98 Å². The third-order valence-electron chi connectivity index (χ3n) is 11.2. The van der Waals surface area contributed by atoms with Gasteiger partial charge in [-0.05, 0) is 55.8 Å². The number of imidazole rings is 2. The van der Waals surface area contributed by atoms with Crippen molar-refractivity contribution in [2.75, 3.05) is 26.2 Å². The number of carbonyl (C=O) groups is 2. The molecule has 0 saturated carbocycles. The van der Waals surface area contributed by atoms with Gasteiger partial charge in [-0.15, -0.1) is 0 Å². The van der Waals surface area contributed by atoms with Crippen molar-refractivity contribution in [3.05, 3.63) is 96.6 Å². The van der Waals surface area contributed by atoms with Gasteiger partial charge in [-0.3, -0.25) is 14.5 Å². The lowest BCUT2D eigenvalue weighted by molar-refractivity contribution is -0.138. The van der Waals surface area contributed by atoms with E-state index in [2.05, 4.69) is 69.6 Å². The Labute approximate surface area is 312 Å². The van der Waals surface area contributed by atoms with Gasteiger partial charge in [0.2, 0.25) is 11.8 Å². The summed E-state index contributed by atoms with van der Waals surface area (Å²) in [5, 5.41) is 0. The van der Waals surface area contributed by atoms with Gasteiger partial charge in [0.05, 0.1) is 35.9 Å². The number of aromatic nitrogens is 6. The van der Waals surface area contributed by atoms with Crippen molar-refractivity contribution in [1.29, 1.82) is 0 Å². The minimum absolute atomic E-state index is 0.0201. The summed E-state index contributed by atoms with van der Waals surface area (Å²) in [5.74, 6) is 2.86. The number of hydrogen-bond donors (Lipinski definition) is 2. The minimum Gasteiger partial charge on any atom is -0.340 e. The molecule has 3 aromatic heterocycles. The van der Waals surface area contributed by atoms with E-state index in [1.165, 1.54) is 0 Å². The average molecular weight is 714 g/mol. The Morgan fingerprint density at radius 3 is 1.77 bits per heavy atom. The molecular formula is C42H51N9O2. The molecule has 0 spiro atoms. The molecule has 0 bridgehead atoms. The zero-order valence-corrected chi connectivity index (χ0v) is 31.5. The summed E-state index contributed by atoms with van der Waals surface area (Å²) in [6.07, 6.45) is 11.0. The van der Waals surface area contributed by atoms with Gasteiger partial charge in [-0.25, -0.2) is 19.9 Å². The molecule has 7 rings (SSSR count). The molecule has 11 nitrogen and oxygen atoms in total. The van der Waals surface area contributed by atoms with Crippen LogP contribution in [0, 0.1) is 11.8 Å². The van der Waals surface area contributed by atoms with Crippen LogP contribution in [0.15, 0.2) is 79.4 Å². The quantitative estimate of drug-likeness (QED) is 0.136. The van der Waals surface area contributed by atoms with Crippen molar-refractivity contribution in [2.45, 2.75) is 78.4 Å². The predicted molar refractivity (Wildman–Crippen MR) is 206 cm³/mol. The van der Waals surface area contributed by atoms with Crippen LogP contribution in [0.4, 0.5) is 0 Å². The molecule has 2 amide bonds. The Morgan fingerprint density at radius 1 is 0.698 bits per heavy atom. The zero-order chi connectivity index (χ0) is 37.1. The number of nitrogens with one attached hydrogen (secondary N) is 2. The average Bonchev–Trinajstić information content (AvgIpc) is 4.03. The second kappa shape index (κ2) is 15.8. The lowest BCUT2D eigenvalue weighted by Crippen LogP contribution is -2.43. The van der Waals surface area contributed by atoms with Crippen LogP contribution in [-0.4, -0.2) is 82.6 Å². The smallest absolute Gasteiger partial charge is 0.245 e. The van der Waals surface area contributed by atoms with Crippen molar-refractivity contribution in [2.24, 2.45) is 11.8 Å². The molecule has 2 aliphatic heterocycles. The molecule has 5 heterocycles. The molecule has 2 fully saturated rings. The summed E-state index contributed by atoms with van der Waals surface area (Å²) in [4.78, 5) is 59.4. The number of amides is 2. The summed E-state index contributed by atoms with van der Waals surface area (Å²) in [6, 6.07) is 17.8. The number of rotatable bonds is 12. The highest BCUT2D eigenvalue weighted by Crippen LogP contribution is 2.36. The monoisotopic (exact) mass is 713 g/mol. The fraction of sp³-hybridized carbons (Fsp3) is 0.429. The molecule has 11 heteroatoms. The molecule has 2 saturated heterocycles. The molecular weight excluding hydrogens is 663 g/mol. The van der Waals surface area contributed by atoms with Crippen LogP contribution in [0.1, 0.15) is 95.6 Å². The van der Waals surface area contributed by atoms with Crippen molar-refractivity contribution >= 4 is 11.8 Å². The van der Waals surface area contributed by atoms with Crippen LogP contribution < -0.4 is 0 Å². The van der Waals surface area contributed by atoms with Gasteiger partial charge in [-0.2, -0.15) is 0 Å². The van der Waals surface area contributed by atoms with Gasteiger partial charge in [0.15, 0.2) is 5.82 Å². The SMILES string of the molecule is CCN(CC)[C@@H](C(=O)N1CCC[C@H]1c1ncc(-c2ccc(-c3ncc(-c4cnc([C@@H]5CCCN5C(=O)[C@@H](C)C(C)C)[nH]4)cn3)cc2)[nH]1)c1ccccc1. The zero-order valence-electron chi connectivity index (χ0n) is 31.5. The summed E-state index contributed by atoms with van der Waals surface area (Å²) < 4.78 is 0. The van der Waals surface area contributed by atoms with E-state index in [0.717, 1.165) is 97.2 Å². The summed E-state index contributed by atoms with van der Waals surface area (Å²) >= 11 is 0. The van der Waals surface area contributed by atoms with E-state index in [1.807, 2.05) is 77.8 Å². The van der Waals surface area contributed by atoms with Crippen LogP contribution >= 0.6 is 0 Å². The van der Waals surface area contributed by atoms with Crippen molar-refractivity contribution in [1.82, 2.24) is 44.6 Å². The number of aromatic amines is 2. The second-order valence-corrected chi connectivity index (χ2v) is 14.7. The van der Waals surface area contributed by atoms with Gasteiger partial charge in [0.25, 0.3) is 0 Å². The summed E-state index contributed by atoms with van der Waals surface area (Å²) in [7, 11) is 0. The Bertz CT molecular complexity index is 1980. The number of likely N-dealkylation sites (N-methyl/N-ethyl adjacent to an activating group) is 1. The van der Waals surface area contributed by atoms with Crippen LogP contribution in [0.25, 0.3) is 33.9 Å². The fourth-order valence-corrected chi connectivity index (χ4v) is 7.79. The largest absolute Gasteiger partial charge is 0.340 e. The van der Waals surface area contributed by atoms with Gasteiger partial charge in [-0.1, -0.05) is 89.2 Å². The van der Waals surface area contributed by atoms with Crippen LogP contribution in [-0.2, 0) is 9.59 Å². The Kier molecular flexibility index (Phi) is 10.8. The van der Waals surface area contributed by atoms with Crippen LogP contribution in [0.3, 0.4) is 0 Å². The van der Waals surface area contributed by atoms with Gasteiger partial charge in [0, 0.05) is 42.5 Å². The van der Waals surface area contributed by atoms with Crippen LogP contribution in [0.5, 0.6) is 0 Å². The molecule has 5 aromatic rings. The molecule has 2 aromatic carbocycles. The lowest BCUT2D eigenvalue weighted by Gasteiger charge is -2.34. The highest BCUT2D eigenvalue weighted by molar-refractivity contribution is 5.84. The maximum Gasteiger partial charge on any atom is 0.245 e. The van der Waals surface area contributed by atoms with Gasteiger partial charge >= 0.3 is 0 Å². The van der Waals surface area contributed by atoms with Crippen LogP contribution in [0.2, 0.25) is 0 Å². The molecule has 0 aliphatic carbocycles. The molecule has 2 aliphatic rings. The number of nitrogens with zero attached hydrogens (tertiary/aromatic N) is 7. The minimum atomic E-state index is -0.319. The first-order valence-corrected chi connectivity index (χ1v) is 19.2. The first kappa shape index (κ1) is 36.2. The molecule has 2 N–H and O–H groups in total. The Morgan fingerprint density at radius 2 is 1.23 bits per heavy atom. The van der Waals surface area contributed by atoms with E-state index in [9.17, 15) is 9.59 Å². The topological polar surface area (TPSA) is 127 Å².